The fourth-order valence-electron chi connectivity index (χ4n) is 3.34. The molecule has 0 saturated carbocycles. The van der Waals surface area contributed by atoms with E-state index in [0.29, 0.717) is 36.8 Å². The third kappa shape index (κ3) is 5.18. The largest absolute Gasteiger partial charge is 0.497 e. The first-order chi connectivity index (χ1) is 16.5. The summed E-state index contributed by atoms with van der Waals surface area (Å²) in [4.78, 5) is 30.8. The molecule has 4 aromatic rings. The first-order valence-corrected chi connectivity index (χ1v) is 11.6. The maximum atomic E-state index is 12.2. The number of carbonyl (C=O) groups is 2. The van der Waals surface area contributed by atoms with Crippen LogP contribution in [0.15, 0.2) is 48.5 Å². The van der Waals surface area contributed by atoms with Crippen LogP contribution in [0.4, 0.5) is 5.69 Å². The molecule has 0 spiro atoms. The standard InChI is InChI=1S/C24H25N5O4S/c1-4-33-19-11-7-17(8-12-19)26-23(31)22(30)25-14-13-20-15(2)29-24(34-20)27-21(28-29)16-5-9-18(32-3)10-6-16/h5-12H,4,13-14H2,1-3H3,(H,25,30)(H,26,31). The minimum absolute atomic E-state index is 0.325. The Morgan fingerprint density at radius 3 is 2.38 bits per heavy atom. The zero-order chi connectivity index (χ0) is 24.1. The van der Waals surface area contributed by atoms with Crippen LogP contribution < -0.4 is 20.1 Å². The number of thiazole rings is 1. The molecule has 2 aromatic heterocycles. The number of nitrogens with zero attached hydrogens (tertiary/aromatic N) is 3. The Labute approximate surface area is 200 Å². The highest BCUT2D eigenvalue weighted by molar-refractivity contribution is 7.17. The number of nitrogens with one attached hydrogen (secondary N) is 2. The Hall–Kier alpha value is -3.92. The van der Waals surface area contributed by atoms with Crippen LogP contribution in [0.5, 0.6) is 11.5 Å². The predicted molar refractivity (Wildman–Crippen MR) is 131 cm³/mol. The van der Waals surface area contributed by atoms with Gasteiger partial charge in [0.15, 0.2) is 5.82 Å². The predicted octanol–water partition coefficient (Wildman–Crippen LogP) is 3.47. The van der Waals surface area contributed by atoms with Crippen LogP contribution in [0.2, 0.25) is 0 Å². The number of benzene rings is 2. The van der Waals surface area contributed by atoms with Crippen LogP contribution in [0, 0.1) is 6.92 Å². The third-order valence-corrected chi connectivity index (χ3v) is 6.32. The summed E-state index contributed by atoms with van der Waals surface area (Å²) >= 11 is 1.52. The molecule has 0 radical (unpaired) electrons. The van der Waals surface area contributed by atoms with E-state index in [1.54, 1.807) is 35.9 Å². The van der Waals surface area contributed by atoms with Crippen molar-refractivity contribution in [2.75, 3.05) is 25.6 Å². The van der Waals surface area contributed by atoms with E-state index < -0.39 is 11.8 Å². The Balaban J connectivity index is 1.32. The van der Waals surface area contributed by atoms with Gasteiger partial charge in [-0.05, 0) is 62.4 Å². The lowest BCUT2D eigenvalue weighted by molar-refractivity contribution is -0.136. The molecule has 2 amide bonds. The van der Waals surface area contributed by atoms with Crippen LogP contribution >= 0.6 is 11.3 Å². The summed E-state index contributed by atoms with van der Waals surface area (Å²) in [5, 5.41) is 9.85. The van der Waals surface area contributed by atoms with Crippen molar-refractivity contribution in [3.63, 3.8) is 0 Å². The monoisotopic (exact) mass is 479 g/mol. The van der Waals surface area contributed by atoms with Gasteiger partial charge in [-0.15, -0.1) is 5.10 Å². The summed E-state index contributed by atoms with van der Waals surface area (Å²) in [6.45, 7) is 4.74. The first kappa shape index (κ1) is 23.2. The molecule has 0 fully saturated rings. The van der Waals surface area contributed by atoms with E-state index in [9.17, 15) is 9.59 Å². The molecule has 0 aliphatic rings. The van der Waals surface area contributed by atoms with E-state index >= 15 is 0 Å². The number of anilines is 1. The Bertz CT molecular complexity index is 1300. The average molecular weight is 480 g/mol. The normalized spacial score (nSPS) is 10.8. The molecule has 10 heteroatoms. The van der Waals surface area contributed by atoms with Gasteiger partial charge in [0.25, 0.3) is 0 Å². The molecule has 9 nitrogen and oxygen atoms in total. The van der Waals surface area contributed by atoms with Crippen LogP contribution in [0.1, 0.15) is 17.5 Å². The van der Waals surface area contributed by atoms with Gasteiger partial charge >= 0.3 is 11.8 Å². The molecule has 2 N–H and O–H groups in total. The van der Waals surface area contributed by atoms with Crippen molar-refractivity contribution >= 4 is 33.8 Å². The molecule has 0 bridgehead atoms. The molecular formula is C24H25N5O4S. The fraction of sp³-hybridized carbons (Fsp3) is 0.250. The van der Waals surface area contributed by atoms with Gasteiger partial charge in [0.05, 0.1) is 19.4 Å². The summed E-state index contributed by atoms with van der Waals surface area (Å²) in [6.07, 6.45) is 0.571. The number of carbonyl (C=O) groups excluding carboxylic acids is 2. The Morgan fingerprint density at radius 2 is 1.74 bits per heavy atom. The minimum Gasteiger partial charge on any atom is -0.497 e. The molecule has 34 heavy (non-hydrogen) atoms. The number of hydrogen-bond donors (Lipinski definition) is 2. The van der Waals surface area contributed by atoms with E-state index in [1.165, 1.54) is 11.3 Å². The molecule has 0 aliphatic heterocycles. The molecule has 0 unspecified atom stereocenters. The van der Waals surface area contributed by atoms with Gasteiger partial charge in [0.1, 0.15) is 11.5 Å². The van der Waals surface area contributed by atoms with Gasteiger partial charge in [-0.1, -0.05) is 11.3 Å². The van der Waals surface area contributed by atoms with E-state index in [2.05, 4.69) is 20.7 Å². The van der Waals surface area contributed by atoms with E-state index in [1.807, 2.05) is 38.1 Å². The quantitative estimate of drug-likeness (QED) is 0.375. The third-order valence-electron chi connectivity index (χ3n) is 5.13. The maximum Gasteiger partial charge on any atom is 0.313 e. The minimum atomic E-state index is -0.715. The summed E-state index contributed by atoms with van der Waals surface area (Å²) in [7, 11) is 1.63. The SMILES string of the molecule is CCOc1ccc(NC(=O)C(=O)NCCc2sc3nc(-c4ccc(OC)cc4)nn3c2C)cc1. The van der Waals surface area contributed by atoms with Gasteiger partial charge in [0.2, 0.25) is 4.96 Å². The summed E-state index contributed by atoms with van der Waals surface area (Å²) in [5.41, 5.74) is 2.39. The smallest absolute Gasteiger partial charge is 0.313 e. The van der Waals surface area contributed by atoms with Crippen molar-refractivity contribution in [3.8, 4) is 22.9 Å². The maximum absolute atomic E-state index is 12.2. The van der Waals surface area contributed by atoms with E-state index in [0.717, 1.165) is 26.8 Å². The van der Waals surface area contributed by atoms with Gasteiger partial charge < -0.3 is 20.1 Å². The number of fused-ring (bicyclic) bond motifs is 1. The fourth-order valence-corrected chi connectivity index (χ4v) is 4.39. The number of amides is 2. The highest BCUT2D eigenvalue weighted by Crippen LogP contribution is 2.26. The van der Waals surface area contributed by atoms with Crippen molar-refractivity contribution in [2.45, 2.75) is 20.3 Å². The number of methoxy groups -OCH3 is 1. The molecule has 2 heterocycles. The van der Waals surface area contributed by atoms with Crippen molar-refractivity contribution in [1.29, 1.82) is 0 Å². The Kier molecular flexibility index (Phi) is 7.07. The van der Waals surface area contributed by atoms with Gasteiger partial charge in [0, 0.05) is 29.1 Å². The van der Waals surface area contributed by atoms with E-state index in [4.69, 9.17) is 9.47 Å². The average Bonchev–Trinajstić information content (AvgIpc) is 3.39. The van der Waals surface area contributed by atoms with Crippen molar-refractivity contribution < 1.29 is 19.1 Å². The molecule has 0 aliphatic carbocycles. The lowest BCUT2D eigenvalue weighted by Gasteiger charge is -2.07. The zero-order valence-corrected chi connectivity index (χ0v) is 19.9. The van der Waals surface area contributed by atoms with E-state index in [-0.39, 0.29) is 0 Å². The highest BCUT2D eigenvalue weighted by Gasteiger charge is 2.16. The van der Waals surface area contributed by atoms with Crippen molar-refractivity contribution in [3.05, 3.63) is 59.1 Å². The summed E-state index contributed by atoms with van der Waals surface area (Å²) in [5.74, 6) is 0.718. The topological polar surface area (TPSA) is 107 Å². The lowest BCUT2D eigenvalue weighted by Crippen LogP contribution is -2.36. The lowest BCUT2D eigenvalue weighted by atomic mass is 10.2. The Morgan fingerprint density at radius 1 is 1.03 bits per heavy atom. The molecule has 0 atom stereocenters. The molecular weight excluding hydrogens is 454 g/mol. The second-order valence-corrected chi connectivity index (χ2v) is 8.45. The van der Waals surface area contributed by atoms with Crippen LogP contribution in [0.25, 0.3) is 16.3 Å². The van der Waals surface area contributed by atoms with Crippen LogP contribution in [-0.4, -0.2) is 46.7 Å². The van der Waals surface area contributed by atoms with Gasteiger partial charge in [-0.3, -0.25) is 9.59 Å². The molecule has 4 rings (SSSR count). The van der Waals surface area contributed by atoms with Crippen LogP contribution in [-0.2, 0) is 16.0 Å². The van der Waals surface area contributed by atoms with Crippen molar-refractivity contribution in [1.82, 2.24) is 19.9 Å². The molecule has 0 saturated heterocycles. The number of hydrogen-bond acceptors (Lipinski definition) is 7. The summed E-state index contributed by atoms with van der Waals surface area (Å²) < 4.78 is 12.4. The summed E-state index contributed by atoms with van der Waals surface area (Å²) in [6, 6.07) is 14.4. The van der Waals surface area contributed by atoms with Gasteiger partial charge in [-0.25, -0.2) is 4.52 Å². The first-order valence-electron chi connectivity index (χ1n) is 10.8. The highest BCUT2D eigenvalue weighted by atomic mass is 32.1. The van der Waals surface area contributed by atoms with Crippen LogP contribution in [0.3, 0.4) is 0 Å². The molecule has 176 valence electrons. The number of ether oxygens (including phenoxy) is 2. The second-order valence-electron chi connectivity index (χ2n) is 7.39. The zero-order valence-electron chi connectivity index (χ0n) is 19.1. The second kappa shape index (κ2) is 10.3. The molecule has 2 aromatic carbocycles. The number of aromatic nitrogens is 3. The number of rotatable bonds is 8. The van der Waals surface area contributed by atoms with Gasteiger partial charge in [-0.2, -0.15) is 4.98 Å². The number of aryl methyl sites for hydroxylation is 1. The van der Waals surface area contributed by atoms with Crippen molar-refractivity contribution in [2.24, 2.45) is 0 Å².